The first-order valence-electron chi connectivity index (χ1n) is 5.68. The SMILES string of the molecule is COC(=O)c1cc(CC(C)=O)c2cc(Br)ccc2n1. The molecule has 0 saturated heterocycles. The van der Waals surface area contributed by atoms with E-state index in [0.717, 1.165) is 15.4 Å². The second-order valence-corrected chi connectivity index (χ2v) is 5.11. The van der Waals surface area contributed by atoms with Crippen LogP contribution in [0.3, 0.4) is 0 Å². The van der Waals surface area contributed by atoms with Crippen LogP contribution in [-0.2, 0) is 16.0 Å². The van der Waals surface area contributed by atoms with E-state index in [1.807, 2.05) is 12.1 Å². The minimum Gasteiger partial charge on any atom is -0.464 e. The molecule has 1 aromatic heterocycles. The van der Waals surface area contributed by atoms with E-state index < -0.39 is 5.97 Å². The first-order chi connectivity index (χ1) is 9.01. The largest absolute Gasteiger partial charge is 0.464 e. The van der Waals surface area contributed by atoms with Crippen LogP contribution in [0.4, 0.5) is 0 Å². The van der Waals surface area contributed by atoms with E-state index in [1.54, 1.807) is 12.1 Å². The molecule has 0 aliphatic heterocycles. The average Bonchev–Trinajstić information content (AvgIpc) is 2.37. The van der Waals surface area contributed by atoms with Crippen molar-refractivity contribution in [3.63, 3.8) is 0 Å². The second kappa shape index (κ2) is 5.48. The Balaban J connectivity index is 2.68. The number of pyridine rings is 1. The fourth-order valence-corrected chi connectivity index (χ4v) is 2.25. The minimum atomic E-state index is -0.505. The number of carbonyl (C=O) groups is 2. The predicted molar refractivity (Wildman–Crippen MR) is 75.2 cm³/mol. The van der Waals surface area contributed by atoms with Gasteiger partial charge in [0.1, 0.15) is 11.5 Å². The Labute approximate surface area is 118 Å². The summed E-state index contributed by atoms with van der Waals surface area (Å²) >= 11 is 3.39. The third kappa shape index (κ3) is 2.98. The summed E-state index contributed by atoms with van der Waals surface area (Å²) in [4.78, 5) is 27.2. The number of carbonyl (C=O) groups excluding carboxylic acids is 2. The number of halogens is 1. The van der Waals surface area contributed by atoms with Crippen molar-refractivity contribution in [2.75, 3.05) is 7.11 Å². The summed E-state index contributed by atoms with van der Waals surface area (Å²) in [6.07, 6.45) is 0.263. The summed E-state index contributed by atoms with van der Waals surface area (Å²) in [7, 11) is 1.31. The molecule has 1 heterocycles. The summed E-state index contributed by atoms with van der Waals surface area (Å²) in [6.45, 7) is 1.52. The molecule has 19 heavy (non-hydrogen) atoms. The number of esters is 1. The van der Waals surface area contributed by atoms with Gasteiger partial charge in [0.15, 0.2) is 0 Å². The smallest absolute Gasteiger partial charge is 0.356 e. The molecule has 0 atom stereocenters. The molecule has 0 amide bonds. The van der Waals surface area contributed by atoms with Gasteiger partial charge in [0, 0.05) is 16.3 Å². The highest BCUT2D eigenvalue weighted by Gasteiger charge is 2.13. The van der Waals surface area contributed by atoms with Crippen molar-refractivity contribution in [1.29, 1.82) is 0 Å². The number of ketones is 1. The summed E-state index contributed by atoms with van der Waals surface area (Å²) in [5, 5.41) is 0.859. The highest BCUT2D eigenvalue weighted by atomic mass is 79.9. The quantitative estimate of drug-likeness (QED) is 0.816. The van der Waals surface area contributed by atoms with Crippen LogP contribution in [-0.4, -0.2) is 23.8 Å². The monoisotopic (exact) mass is 321 g/mol. The first-order valence-corrected chi connectivity index (χ1v) is 6.47. The lowest BCUT2D eigenvalue weighted by atomic mass is 10.0. The van der Waals surface area contributed by atoms with Crippen molar-refractivity contribution in [1.82, 2.24) is 4.98 Å². The Bertz CT molecular complexity index is 667. The van der Waals surface area contributed by atoms with Gasteiger partial charge >= 0.3 is 5.97 Å². The van der Waals surface area contributed by atoms with Crippen molar-refractivity contribution in [2.45, 2.75) is 13.3 Å². The fraction of sp³-hybridized carbons (Fsp3) is 0.214. The van der Waals surface area contributed by atoms with Crippen LogP contribution in [0.25, 0.3) is 10.9 Å². The number of hydrogen-bond donors (Lipinski definition) is 0. The molecular weight excluding hydrogens is 310 g/mol. The Hall–Kier alpha value is -1.75. The van der Waals surface area contributed by atoms with Crippen LogP contribution in [0.5, 0.6) is 0 Å². The van der Waals surface area contributed by atoms with E-state index in [0.29, 0.717) is 5.52 Å². The molecule has 0 radical (unpaired) electrons. The molecule has 2 aromatic rings. The Morgan fingerprint density at radius 3 is 2.68 bits per heavy atom. The number of benzene rings is 1. The molecule has 98 valence electrons. The van der Waals surface area contributed by atoms with Gasteiger partial charge in [-0.05, 0) is 36.8 Å². The van der Waals surface area contributed by atoms with Crippen LogP contribution in [0, 0.1) is 0 Å². The van der Waals surface area contributed by atoms with E-state index in [9.17, 15) is 9.59 Å². The van der Waals surface area contributed by atoms with E-state index >= 15 is 0 Å². The third-order valence-corrected chi connectivity index (χ3v) is 3.18. The number of rotatable bonds is 3. The van der Waals surface area contributed by atoms with Crippen molar-refractivity contribution in [3.8, 4) is 0 Å². The molecule has 5 heteroatoms. The van der Waals surface area contributed by atoms with Gasteiger partial charge in [-0.25, -0.2) is 9.78 Å². The zero-order valence-corrected chi connectivity index (χ0v) is 12.2. The summed E-state index contributed by atoms with van der Waals surface area (Å²) in [5.74, 6) is -0.474. The Morgan fingerprint density at radius 2 is 2.05 bits per heavy atom. The predicted octanol–water partition coefficient (Wildman–Crippen LogP) is 2.92. The van der Waals surface area contributed by atoms with Gasteiger partial charge in [-0.2, -0.15) is 0 Å². The number of methoxy groups -OCH3 is 1. The van der Waals surface area contributed by atoms with Crippen LogP contribution >= 0.6 is 15.9 Å². The lowest BCUT2D eigenvalue weighted by molar-refractivity contribution is -0.116. The van der Waals surface area contributed by atoms with E-state index in [-0.39, 0.29) is 17.9 Å². The standard InChI is InChI=1S/C14H12BrNO3/c1-8(17)5-9-6-13(14(18)19-2)16-12-4-3-10(15)7-11(9)12/h3-4,6-7H,5H2,1-2H3. The molecule has 2 rings (SSSR count). The Kier molecular flexibility index (Phi) is 3.95. The van der Waals surface area contributed by atoms with Crippen LogP contribution in [0.2, 0.25) is 0 Å². The fourth-order valence-electron chi connectivity index (χ4n) is 1.89. The van der Waals surface area contributed by atoms with Gasteiger partial charge in [0.05, 0.1) is 12.6 Å². The summed E-state index contributed by atoms with van der Waals surface area (Å²) in [5.41, 5.74) is 1.66. The molecule has 0 saturated carbocycles. The van der Waals surface area contributed by atoms with E-state index in [1.165, 1.54) is 14.0 Å². The molecule has 0 bridgehead atoms. The van der Waals surface area contributed by atoms with Crippen molar-refractivity contribution < 1.29 is 14.3 Å². The minimum absolute atomic E-state index is 0.0308. The molecular formula is C14H12BrNO3. The maximum Gasteiger partial charge on any atom is 0.356 e. The third-order valence-electron chi connectivity index (χ3n) is 2.69. The molecule has 4 nitrogen and oxygen atoms in total. The second-order valence-electron chi connectivity index (χ2n) is 4.20. The zero-order chi connectivity index (χ0) is 14.0. The first kappa shape index (κ1) is 13.7. The lowest BCUT2D eigenvalue weighted by Gasteiger charge is -2.08. The number of nitrogens with zero attached hydrogens (tertiary/aromatic N) is 1. The molecule has 0 aliphatic rings. The molecule has 0 aliphatic carbocycles. The number of Topliss-reactive ketones (excluding diaryl/α,β-unsaturated/α-hetero) is 1. The topological polar surface area (TPSA) is 56.3 Å². The average molecular weight is 322 g/mol. The van der Waals surface area contributed by atoms with Gasteiger partial charge in [-0.15, -0.1) is 0 Å². The number of fused-ring (bicyclic) bond motifs is 1. The van der Waals surface area contributed by atoms with Crippen molar-refractivity contribution >= 4 is 38.6 Å². The molecule has 0 unspecified atom stereocenters. The lowest BCUT2D eigenvalue weighted by Crippen LogP contribution is -2.07. The molecule has 1 aromatic carbocycles. The maximum absolute atomic E-state index is 11.6. The summed E-state index contributed by atoms with van der Waals surface area (Å²) < 4.78 is 5.57. The number of ether oxygens (including phenoxy) is 1. The van der Waals surface area contributed by atoms with Gasteiger partial charge in [0.2, 0.25) is 0 Å². The van der Waals surface area contributed by atoms with Crippen LogP contribution in [0.15, 0.2) is 28.7 Å². The maximum atomic E-state index is 11.6. The molecule has 0 fully saturated rings. The molecule has 0 N–H and O–H groups in total. The highest BCUT2D eigenvalue weighted by molar-refractivity contribution is 9.10. The van der Waals surface area contributed by atoms with E-state index in [4.69, 9.17) is 0 Å². The van der Waals surface area contributed by atoms with Crippen molar-refractivity contribution in [3.05, 3.63) is 40.0 Å². The van der Waals surface area contributed by atoms with Crippen molar-refractivity contribution in [2.24, 2.45) is 0 Å². The van der Waals surface area contributed by atoms with Crippen LogP contribution < -0.4 is 0 Å². The van der Waals surface area contributed by atoms with Gasteiger partial charge in [-0.3, -0.25) is 4.79 Å². The Morgan fingerprint density at radius 1 is 1.32 bits per heavy atom. The van der Waals surface area contributed by atoms with Crippen LogP contribution in [0.1, 0.15) is 23.0 Å². The highest BCUT2D eigenvalue weighted by Crippen LogP contribution is 2.23. The summed E-state index contributed by atoms with van der Waals surface area (Å²) in [6, 6.07) is 7.15. The van der Waals surface area contributed by atoms with E-state index in [2.05, 4.69) is 25.7 Å². The number of aromatic nitrogens is 1. The van der Waals surface area contributed by atoms with Gasteiger partial charge in [0.25, 0.3) is 0 Å². The molecule has 0 spiro atoms. The van der Waals surface area contributed by atoms with Gasteiger partial charge in [-0.1, -0.05) is 15.9 Å². The van der Waals surface area contributed by atoms with Gasteiger partial charge < -0.3 is 4.74 Å². The zero-order valence-electron chi connectivity index (χ0n) is 10.6. The normalized spacial score (nSPS) is 10.5. The number of hydrogen-bond acceptors (Lipinski definition) is 4.